The van der Waals surface area contributed by atoms with E-state index in [9.17, 15) is 4.39 Å². The molecule has 0 amide bonds. The van der Waals surface area contributed by atoms with Crippen LogP contribution in [0.2, 0.25) is 0 Å². The number of hydrogen-bond acceptors (Lipinski definition) is 3. The second-order valence-electron chi connectivity index (χ2n) is 5.37. The van der Waals surface area contributed by atoms with Gasteiger partial charge in [-0.05, 0) is 62.6 Å². The van der Waals surface area contributed by atoms with Crippen LogP contribution in [-0.4, -0.2) is 16.7 Å². The Morgan fingerprint density at radius 2 is 2.00 bits per heavy atom. The summed E-state index contributed by atoms with van der Waals surface area (Å²) in [6.45, 7) is 6.96. The maximum atomic E-state index is 13.4. The second-order valence-corrected chi connectivity index (χ2v) is 5.37. The van der Waals surface area contributed by atoms with Crippen LogP contribution in [-0.2, 0) is 6.42 Å². The van der Waals surface area contributed by atoms with Gasteiger partial charge in [0.25, 0.3) is 0 Å². The normalized spacial score (nSPS) is 12.4. The molecule has 21 heavy (non-hydrogen) atoms. The van der Waals surface area contributed by atoms with E-state index in [0.29, 0.717) is 0 Å². The van der Waals surface area contributed by atoms with Crippen LogP contribution >= 0.6 is 0 Å². The van der Waals surface area contributed by atoms with E-state index >= 15 is 0 Å². The van der Waals surface area contributed by atoms with Gasteiger partial charge in [0, 0.05) is 6.04 Å². The zero-order valence-corrected chi connectivity index (χ0v) is 12.9. The van der Waals surface area contributed by atoms with Gasteiger partial charge in [-0.3, -0.25) is 0 Å². The molecule has 1 unspecified atom stereocenters. The van der Waals surface area contributed by atoms with Gasteiger partial charge in [-0.1, -0.05) is 19.1 Å². The van der Waals surface area contributed by atoms with Gasteiger partial charge < -0.3 is 5.32 Å². The van der Waals surface area contributed by atoms with Crippen molar-refractivity contribution in [2.75, 3.05) is 6.54 Å². The molecule has 0 saturated heterocycles. The van der Waals surface area contributed by atoms with Crippen molar-refractivity contribution < 1.29 is 4.39 Å². The number of nitrogens with zero attached hydrogens (tertiary/aromatic N) is 2. The summed E-state index contributed by atoms with van der Waals surface area (Å²) >= 11 is 0. The first-order valence-electron chi connectivity index (χ1n) is 7.38. The van der Waals surface area contributed by atoms with Gasteiger partial charge in [-0.25, -0.2) is 4.39 Å². The fraction of sp³-hybridized carbons (Fsp3) is 0.412. The lowest BCUT2D eigenvalue weighted by atomic mass is 9.97. The summed E-state index contributed by atoms with van der Waals surface area (Å²) in [5, 5.41) is 11.8. The highest BCUT2D eigenvalue weighted by Gasteiger charge is 2.15. The molecule has 0 bridgehead atoms. The van der Waals surface area contributed by atoms with Crippen LogP contribution in [0.4, 0.5) is 4.39 Å². The Balaban J connectivity index is 2.27. The molecule has 0 saturated carbocycles. The van der Waals surface area contributed by atoms with Crippen LogP contribution in [0.5, 0.6) is 0 Å². The van der Waals surface area contributed by atoms with Gasteiger partial charge in [-0.2, -0.15) is 10.2 Å². The van der Waals surface area contributed by atoms with Crippen LogP contribution in [0.1, 0.15) is 41.9 Å². The topological polar surface area (TPSA) is 37.8 Å². The summed E-state index contributed by atoms with van der Waals surface area (Å²) in [5.74, 6) is -0.192. The summed E-state index contributed by atoms with van der Waals surface area (Å²) in [7, 11) is 0. The Bertz CT molecular complexity index is 598. The van der Waals surface area contributed by atoms with E-state index < -0.39 is 0 Å². The molecule has 112 valence electrons. The minimum absolute atomic E-state index is 0.126. The molecule has 0 aliphatic carbocycles. The van der Waals surface area contributed by atoms with E-state index in [0.717, 1.165) is 41.9 Å². The third kappa shape index (κ3) is 4.33. The van der Waals surface area contributed by atoms with Crippen LogP contribution in [0, 0.1) is 19.7 Å². The number of aryl methyl sites for hydroxylation is 2. The molecule has 1 aromatic carbocycles. The number of rotatable bonds is 6. The molecule has 2 aromatic rings. The van der Waals surface area contributed by atoms with E-state index in [2.05, 4.69) is 28.5 Å². The lowest BCUT2D eigenvalue weighted by Crippen LogP contribution is -2.25. The first-order valence-corrected chi connectivity index (χ1v) is 7.38. The van der Waals surface area contributed by atoms with Crippen LogP contribution in [0.15, 0.2) is 30.3 Å². The Morgan fingerprint density at radius 3 is 2.71 bits per heavy atom. The van der Waals surface area contributed by atoms with Gasteiger partial charge in [-0.15, -0.1) is 0 Å². The monoisotopic (exact) mass is 287 g/mol. The first kappa shape index (κ1) is 15.6. The Kier molecular flexibility index (Phi) is 5.39. The van der Waals surface area contributed by atoms with Crippen LogP contribution < -0.4 is 5.32 Å². The first-order chi connectivity index (χ1) is 10.1. The van der Waals surface area contributed by atoms with Crippen molar-refractivity contribution in [3.05, 3.63) is 58.7 Å². The largest absolute Gasteiger partial charge is 0.310 e. The van der Waals surface area contributed by atoms with E-state index in [-0.39, 0.29) is 11.9 Å². The number of benzene rings is 1. The fourth-order valence-corrected chi connectivity index (χ4v) is 2.43. The van der Waals surface area contributed by atoms with Crippen molar-refractivity contribution in [1.82, 2.24) is 15.5 Å². The van der Waals surface area contributed by atoms with Gasteiger partial charge >= 0.3 is 0 Å². The molecule has 1 atom stereocenters. The van der Waals surface area contributed by atoms with Crippen molar-refractivity contribution in [2.45, 2.75) is 39.7 Å². The van der Waals surface area contributed by atoms with Gasteiger partial charge in [0.05, 0.1) is 11.4 Å². The Morgan fingerprint density at radius 1 is 1.19 bits per heavy atom. The van der Waals surface area contributed by atoms with E-state index in [1.165, 1.54) is 6.07 Å². The third-order valence-electron chi connectivity index (χ3n) is 3.48. The molecule has 0 radical (unpaired) electrons. The average molecular weight is 287 g/mol. The predicted octanol–water partition coefficient (Wildman–Crippen LogP) is 3.52. The summed E-state index contributed by atoms with van der Waals surface area (Å²) < 4.78 is 13.4. The zero-order valence-electron chi connectivity index (χ0n) is 12.9. The maximum absolute atomic E-state index is 13.4. The molecule has 2 rings (SSSR count). The molecular weight excluding hydrogens is 265 g/mol. The van der Waals surface area contributed by atoms with Crippen molar-refractivity contribution >= 4 is 0 Å². The second kappa shape index (κ2) is 7.27. The molecular formula is C17H22FN3. The summed E-state index contributed by atoms with van der Waals surface area (Å²) in [6, 6.07) is 8.97. The minimum Gasteiger partial charge on any atom is -0.310 e. The number of nitrogens with one attached hydrogen (secondary N) is 1. The quantitative estimate of drug-likeness (QED) is 0.883. The number of halogens is 1. The smallest absolute Gasteiger partial charge is 0.123 e. The standard InChI is InChI=1S/C17H22FN3/c1-4-8-19-17(11-14-6-5-7-15(18)10-14)16-9-12(2)20-21-13(16)3/h5-7,9-10,17,19H,4,8,11H2,1-3H3. The van der Waals surface area contributed by atoms with E-state index in [1.54, 1.807) is 12.1 Å². The van der Waals surface area contributed by atoms with E-state index in [1.807, 2.05) is 19.9 Å². The van der Waals surface area contributed by atoms with Crippen molar-refractivity contribution in [2.24, 2.45) is 0 Å². The van der Waals surface area contributed by atoms with Crippen molar-refractivity contribution in [1.29, 1.82) is 0 Å². The van der Waals surface area contributed by atoms with Gasteiger partial charge in [0.2, 0.25) is 0 Å². The van der Waals surface area contributed by atoms with E-state index in [4.69, 9.17) is 0 Å². The lowest BCUT2D eigenvalue weighted by Gasteiger charge is -2.20. The number of hydrogen-bond donors (Lipinski definition) is 1. The summed E-state index contributed by atoms with van der Waals surface area (Å²) in [4.78, 5) is 0. The maximum Gasteiger partial charge on any atom is 0.123 e. The van der Waals surface area contributed by atoms with Crippen molar-refractivity contribution in [3.8, 4) is 0 Å². The molecule has 0 aliphatic rings. The highest BCUT2D eigenvalue weighted by molar-refractivity contribution is 5.27. The van der Waals surface area contributed by atoms with Crippen LogP contribution in [0.3, 0.4) is 0 Å². The Hall–Kier alpha value is -1.81. The molecule has 1 N–H and O–H groups in total. The molecule has 0 spiro atoms. The fourth-order valence-electron chi connectivity index (χ4n) is 2.43. The van der Waals surface area contributed by atoms with Gasteiger partial charge in [0.15, 0.2) is 0 Å². The molecule has 0 fully saturated rings. The molecule has 1 aromatic heterocycles. The molecule has 1 heterocycles. The Labute approximate surface area is 125 Å². The highest BCUT2D eigenvalue weighted by Crippen LogP contribution is 2.21. The minimum atomic E-state index is -0.192. The SMILES string of the molecule is CCCNC(Cc1cccc(F)c1)c1cc(C)nnc1C. The molecule has 0 aliphatic heterocycles. The summed E-state index contributed by atoms with van der Waals surface area (Å²) in [6.07, 6.45) is 1.79. The zero-order chi connectivity index (χ0) is 15.2. The predicted molar refractivity (Wildman–Crippen MR) is 82.6 cm³/mol. The molecule has 3 nitrogen and oxygen atoms in total. The van der Waals surface area contributed by atoms with Crippen molar-refractivity contribution in [3.63, 3.8) is 0 Å². The van der Waals surface area contributed by atoms with Crippen LogP contribution in [0.25, 0.3) is 0 Å². The summed E-state index contributed by atoms with van der Waals surface area (Å²) in [5.41, 5.74) is 3.95. The number of aromatic nitrogens is 2. The van der Waals surface area contributed by atoms with Gasteiger partial charge in [0.1, 0.15) is 5.82 Å². The lowest BCUT2D eigenvalue weighted by molar-refractivity contribution is 0.521. The average Bonchev–Trinajstić information content (AvgIpc) is 2.46. The highest BCUT2D eigenvalue weighted by atomic mass is 19.1. The molecule has 4 heteroatoms. The third-order valence-corrected chi connectivity index (χ3v) is 3.48.